The largest absolute Gasteiger partial charge is 0.216 e. The molecule has 0 saturated heterocycles. The zero-order chi connectivity index (χ0) is 18.9. The lowest BCUT2D eigenvalue weighted by Crippen LogP contribution is -2.17. The molecule has 2 heteroatoms. The van der Waals surface area contributed by atoms with Gasteiger partial charge in [0.15, 0.2) is 0 Å². The van der Waals surface area contributed by atoms with Crippen LogP contribution in [0, 0.1) is 23.6 Å². The van der Waals surface area contributed by atoms with Gasteiger partial charge < -0.3 is 0 Å². The monoisotopic (exact) mass is 374 g/mol. The molecule has 27 heavy (non-hydrogen) atoms. The molecule has 0 radical (unpaired) electrons. The van der Waals surface area contributed by atoms with E-state index in [2.05, 4.69) is 0 Å². The predicted molar refractivity (Wildman–Crippen MR) is 110 cm³/mol. The Kier molecular flexibility index (Phi) is 8.35. The smallest absolute Gasteiger partial charge is 0.123 e. The van der Waals surface area contributed by atoms with Gasteiger partial charge in [0.25, 0.3) is 0 Å². The van der Waals surface area contributed by atoms with E-state index in [1.54, 1.807) is 18.2 Å². The second-order valence-corrected chi connectivity index (χ2v) is 9.03. The third kappa shape index (κ3) is 6.73. The molecule has 2 aliphatic rings. The van der Waals surface area contributed by atoms with E-state index in [-0.39, 0.29) is 5.82 Å². The molecule has 0 aliphatic heterocycles. The molecular formula is C25H36F2. The molecule has 0 spiro atoms. The van der Waals surface area contributed by atoms with Crippen LogP contribution in [-0.2, 0) is 0 Å². The van der Waals surface area contributed by atoms with Crippen molar-refractivity contribution in [2.24, 2.45) is 17.8 Å². The van der Waals surface area contributed by atoms with Crippen LogP contribution in [0.2, 0.25) is 0 Å². The Balaban J connectivity index is 1.29. The van der Waals surface area contributed by atoms with E-state index in [0.717, 1.165) is 30.6 Å². The third-order valence-corrected chi connectivity index (χ3v) is 7.21. The molecular weight excluding hydrogens is 338 g/mol. The van der Waals surface area contributed by atoms with Crippen LogP contribution in [0.4, 0.5) is 8.78 Å². The van der Waals surface area contributed by atoms with Gasteiger partial charge in [0, 0.05) is 0 Å². The highest BCUT2D eigenvalue weighted by atomic mass is 19.1. The molecule has 0 N–H and O–H groups in total. The van der Waals surface area contributed by atoms with Crippen LogP contribution in [0.1, 0.15) is 95.0 Å². The Morgan fingerprint density at radius 2 is 1.26 bits per heavy atom. The SMILES string of the molecule is F/C=C/CCCC1CCC(CCC2CCC(c3ccc(F)cc3)CC2)CC1. The van der Waals surface area contributed by atoms with E-state index in [4.69, 9.17) is 0 Å². The van der Waals surface area contributed by atoms with Gasteiger partial charge in [-0.1, -0.05) is 63.2 Å². The summed E-state index contributed by atoms with van der Waals surface area (Å²) in [7, 11) is 0. The maximum atomic E-state index is 13.1. The summed E-state index contributed by atoms with van der Waals surface area (Å²) in [6, 6.07) is 7.17. The Morgan fingerprint density at radius 1 is 0.741 bits per heavy atom. The third-order valence-electron chi connectivity index (χ3n) is 7.21. The zero-order valence-electron chi connectivity index (χ0n) is 16.7. The fourth-order valence-corrected chi connectivity index (χ4v) is 5.39. The van der Waals surface area contributed by atoms with E-state index >= 15 is 0 Å². The van der Waals surface area contributed by atoms with Gasteiger partial charge in [-0.25, -0.2) is 8.78 Å². The molecule has 2 aliphatic carbocycles. The predicted octanol–water partition coefficient (Wildman–Crippen LogP) is 8.34. The summed E-state index contributed by atoms with van der Waals surface area (Å²) in [4.78, 5) is 0. The first-order valence-electron chi connectivity index (χ1n) is 11.2. The summed E-state index contributed by atoms with van der Waals surface area (Å²) in [6.07, 6.45) is 19.3. The van der Waals surface area contributed by atoms with Gasteiger partial charge in [-0.2, -0.15) is 0 Å². The molecule has 0 nitrogen and oxygen atoms in total. The molecule has 0 heterocycles. The molecule has 3 rings (SSSR count). The highest BCUT2D eigenvalue weighted by Crippen LogP contribution is 2.40. The first kappa shape index (κ1) is 20.6. The molecule has 0 bridgehead atoms. The summed E-state index contributed by atoms with van der Waals surface area (Å²) >= 11 is 0. The zero-order valence-corrected chi connectivity index (χ0v) is 16.7. The molecule has 150 valence electrons. The average Bonchev–Trinajstić information content (AvgIpc) is 2.72. The van der Waals surface area contributed by atoms with E-state index in [0.29, 0.717) is 12.2 Å². The number of rotatable bonds is 8. The van der Waals surface area contributed by atoms with E-state index in [9.17, 15) is 8.78 Å². The van der Waals surface area contributed by atoms with Gasteiger partial charge in [0.2, 0.25) is 0 Å². The second kappa shape index (κ2) is 11.0. The van der Waals surface area contributed by atoms with Crippen molar-refractivity contribution in [2.45, 2.75) is 89.4 Å². The van der Waals surface area contributed by atoms with Crippen molar-refractivity contribution in [3.05, 3.63) is 48.1 Å². The Hall–Kier alpha value is -1.18. The van der Waals surface area contributed by atoms with Crippen molar-refractivity contribution in [1.82, 2.24) is 0 Å². The minimum atomic E-state index is -0.126. The van der Waals surface area contributed by atoms with Crippen LogP contribution in [0.3, 0.4) is 0 Å². The fraction of sp³-hybridized carbons (Fsp3) is 0.680. The van der Waals surface area contributed by atoms with Crippen LogP contribution in [0.25, 0.3) is 0 Å². The van der Waals surface area contributed by atoms with Gasteiger partial charge in [-0.3, -0.25) is 0 Å². The number of hydrogen-bond acceptors (Lipinski definition) is 0. The lowest BCUT2D eigenvalue weighted by atomic mass is 9.74. The maximum absolute atomic E-state index is 13.1. The number of halogens is 2. The van der Waals surface area contributed by atoms with Gasteiger partial charge in [-0.05, 0) is 79.9 Å². The molecule has 0 unspecified atom stereocenters. The summed E-state index contributed by atoms with van der Waals surface area (Å²) in [5, 5.41) is 0. The second-order valence-electron chi connectivity index (χ2n) is 9.03. The number of benzene rings is 1. The van der Waals surface area contributed by atoms with Crippen molar-refractivity contribution in [1.29, 1.82) is 0 Å². The van der Waals surface area contributed by atoms with Crippen molar-refractivity contribution < 1.29 is 8.78 Å². The Morgan fingerprint density at radius 3 is 1.81 bits per heavy atom. The fourth-order valence-electron chi connectivity index (χ4n) is 5.39. The van der Waals surface area contributed by atoms with Crippen molar-refractivity contribution in [2.75, 3.05) is 0 Å². The van der Waals surface area contributed by atoms with Crippen molar-refractivity contribution in [3.8, 4) is 0 Å². The van der Waals surface area contributed by atoms with Gasteiger partial charge in [0.05, 0.1) is 6.33 Å². The molecule has 0 amide bonds. The summed E-state index contributed by atoms with van der Waals surface area (Å²) < 4.78 is 25.1. The Bertz CT molecular complexity index is 546. The van der Waals surface area contributed by atoms with Crippen LogP contribution < -0.4 is 0 Å². The first-order valence-corrected chi connectivity index (χ1v) is 11.2. The quantitative estimate of drug-likeness (QED) is 0.401. The molecule has 1 aromatic rings. The van der Waals surface area contributed by atoms with E-state index < -0.39 is 0 Å². The van der Waals surface area contributed by atoms with Crippen LogP contribution in [-0.4, -0.2) is 0 Å². The summed E-state index contributed by atoms with van der Waals surface area (Å²) in [5.74, 6) is 3.26. The van der Waals surface area contributed by atoms with Crippen LogP contribution >= 0.6 is 0 Å². The molecule has 2 fully saturated rings. The van der Waals surface area contributed by atoms with Crippen LogP contribution in [0.5, 0.6) is 0 Å². The van der Waals surface area contributed by atoms with E-state index in [1.165, 1.54) is 76.2 Å². The lowest BCUT2D eigenvalue weighted by molar-refractivity contribution is 0.223. The lowest BCUT2D eigenvalue weighted by Gasteiger charge is -2.32. The van der Waals surface area contributed by atoms with Gasteiger partial charge >= 0.3 is 0 Å². The highest BCUT2D eigenvalue weighted by molar-refractivity contribution is 5.20. The first-order chi connectivity index (χ1) is 13.2. The summed E-state index contributed by atoms with van der Waals surface area (Å²) in [5.41, 5.74) is 1.33. The van der Waals surface area contributed by atoms with Crippen molar-refractivity contribution >= 4 is 0 Å². The van der Waals surface area contributed by atoms with Gasteiger partial charge in [-0.15, -0.1) is 0 Å². The van der Waals surface area contributed by atoms with E-state index in [1.807, 2.05) is 12.1 Å². The summed E-state index contributed by atoms with van der Waals surface area (Å²) in [6.45, 7) is 0. The number of unbranched alkanes of at least 4 members (excludes halogenated alkanes) is 1. The normalized spacial score (nSPS) is 29.3. The van der Waals surface area contributed by atoms with Crippen LogP contribution in [0.15, 0.2) is 36.7 Å². The number of hydrogen-bond donors (Lipinski definition) is 0. The van der Waals surface area contributed by atoms with Gasteiger partial charge in [0.1, 0.15) is 5.82 Å². The highest BCUT2D eigenvalue weighted by Gasteiger charge is 2.25. The standard InChI is InChI=1S/C25H36F2/c26-19-3-1-2-4-20-5-7-21(8-6-20)9-10-22-11-13-23(14-12-22)24-15-17-25(27)18-16-24/h3,15-23H,1-2,4-14H2/b19-3+. The Labute approximate surface area is 164 Å². The minimum absolute atomic E-state index is 0.126. The van der Waals surface area contributed by atoms with Crippen molar-refractivity contribution in [3.63, 3.8) is 0 Å². The molecule has 2 saturated carbocycles. The minimum Gasteiger partial charge on any atom is -0.216 e. The molecule has 0 atom stereocenters. The maximum Gasteiger partial charge on any atom is 0.123 e. The molecule has 1 aromatic carbocycles. The number of allylic oxidation sites excluding steroid dienone is 1. The average molecular weight is 375 g/mol. The molecule has 0 aromatic heterocycles. The topological polar surface area (TPSA) is 0 Å².